The molecule has 1 rings (SSSR count). The molecular formula is C10H11ClFNO. The molecule has 0 atom stereocenters. The van der Waals surface area contributed by atoms with Gasteiger partial charge in [-0.25, -0.2) is 4.39 Å². The van der Waals surface area contributed by atoms with Crippen LogP contribution >= 0.6 is 11.6 Å². The largest absolute Gasteiger partial charge is 0.399 e. The van der Waals surface area contributed by atoms with E-state index in [9.17, 15) is 4.39 Å². The molecule has 0 aliphatic carbocycles. The van der Waals surface area contributed by atoms with E-state index in [-0.39, 0.29) is 5.02 Å². The van der Waals surface area contributed by atoms with Gasteiger partial charge in [0.1, 0.15) is 12.9 Å². The molecule has 0 aliphatic heterocycles. The molecule has 0 spiro atoms. The van der Waals surface area contributed by atoms with Crippen molar-refractivity contribution in [3.8, 4) is 0 Å². The average Bonchev–Trinajstić information content (AvgIpc) is 2.19. The highest BCUT2D eigenvalue weighted by Crippen LogP contribution is 2.16. The summed E-state index contributed by atoms with van der Waals surface area (Å²) in [5, 5.41) is 3.90. The molecule has 0 fully saturated rings. The maximum Gasteiger partial charge on any atom is 0.142 e. The highest BCUT2D eigenvalue weighted by Gasteiger charge is 2.05. The van der Waals surface area contributed by atoms with Crippen molar-refractivity contribution in [3.05, 3.63) is 34.6 Å². The molecule has 0 aliphatic rings. The number of oxime groups is 1. The van der Waals surface area contributed by atoms with E-state index in [1.807, 2.05) is 6.92 Å². The maximum atomic E-state index is 13.1. The highest BCUT2D eigenvalue weighted by molar-refractivity contribution is 6.30. The van der Waals surface area contributed by atoms with Gasteiger partial charge in [-0.1, -0.05) is 29.7 Å². The number of hydrogen-bond acceptors (Lipinski definition) is 2. The summed E-state index contributed by atoms with van der Waals surface area (Å²) in [6.07, 6.45) is 0.676. The minimum absolute atomic E-state index is 0.113. The second-order valence-electron chi connectivity index (χ2n) is 2.70. The second kappa shape index (κ2) is 4.96. The van der Waals surface area contributed by atoms with Gasteiger partial charge < -0.3 is 4.84 Å². The molecule has 0 saturated heterocycles. The fourth-order valence-electron chi connectivity index (χ4n) is 1.11. The number of hydrogen-bond donors (Lipinski definition) is 0. The van der Waals surface area contributed by atoms with Gasteiger partial charge in [-0.2, -0.15) is 0 Å². The molecule has 1 aromatic rings. The van der Waals surface area contributed by atoms with Crippen LogP contribution in [-0.4, -0.2) is 12.8 Å². The molecule has 0 aromatic heterocycles. The zero-order chi connectivity index (χ0) is 10.6. The first kappa shape index (κ1) is 11.0. The lowest BCUT2D eigenvalue weighted by Crippen LogP contribution is -2.00. The third kappa shape index (κ3) is 2.45. The average molecular weight is 216 g/mol. The Morgan fingerprint density at radius 2 is 2.29 bits per heavy atom. The molecule has 0 amide bonds. The van der Waals surface area contributed by atoms with Gasteiger partial charge in [0.15, 0.2) is 0 Å². The van der Waals surface area contributed by atoms with E-state index in [1.165, 1.54) is 19.2 Å². The van der Waals surface area contributed by atoms with Gasteiger partial charge in [0.2, 0.25) is 0 Å². The van der Waals surface area contributed by atoms with Crippen molar-refractivity contribution in [1.82, 2.24) is 0 Å². The molecule has 0 unspecified atom stereocenters. The van der Waals surface area contributed by atoms with Crippen LogP contribution in [0.4, 0.5) is 4.39 Å². The van der Waals surface area contributed by atoms with Crippen LogP contribution in [0.5, 0.6) is 0 Å². The second-order valence-corrected chi connectivity index (χ2v) is 3.11. The van der Waals surface area contributed by atoms with E-state index < -0.39 is 5.82 Å². The van der Waals surface area contributed by atoms with E-state index in [0.29, 0.717) is 17.7 Å². The van der Waals surface area contributed by atoms with Crippen molar-refractivity contribution >= 4 is 17.3 Å². The predicted octanol–water partition coefficient (Wildman–Crippen LogP) is 3.24. The summed E-state index contributed by atoms with van der Waals surface area (Å²) >= 11 is 5.56. The molecule has 2 nitrogen and oxygen atoms in total. The zero-order valence-electron chi connectivity index (χ0n) is 8.05. The summed E-state index contributed by atoms with van der Waals surface area (Å²) in [7, 11) is 1.46. The van der Waals surface area contributed by atoms with Crippen molar-refractivity contribution in [3.63, 3.8) is 0 Å². The number of benzene rings is 1. The van der Waals surface area contributed by atoms with Crippen molar-refractivity contribution in [2.75, 3.05) is 7.11 Å². The van der Waals surface area contributed by atoms with Crippen LogP contribution < -0.4 is 0 Å². The Morgan fingerprint density at radius 3 is 2.79 bits per heavy atom. The lowest BCUT2D eigenvalue weighted by atomic mass is 10.1. The third-order valence-electron chi connectivity index (χ3n) is 1.79. The SMILES string of the molecule is CCC(=NOC)c1ccc(Cl)c(F)c1. The van der Waals surface area contributed by atoms with Crippen LogP contribution in [0.15, 0.2) is 23.4 Å². The number of halogens is 2. The Morgan fingerprint density at radius 1 is 1.57 bits per heavy atom. The van der Waals surface area contributed by atoms with Crippen molar-refractivity contribution in [2.45, 2.75) is 13.3 Å². The third-order valence-corrected chi connectivity index (χ3v) is 2.10. The van der Waals surface area contributed by atoms with Gasteiger partial charge in [-0.15, -0.1) is 0 Å². The molecule has 0 saturated carbocycles. The first-order chi connectivity index (χ1) is 6.69. The molecule has 0 bridgehead atoms. The van der Waals surface area contributed by atoms with Crippen molar-refractivity contribution in [1.29, 1.82) is 0 Å². The Bertz CT molecular complexity index is 352. The van der Waals surface area contributed by atoms with Gasteiger partial charge >= 0.3 is 0 Å². The molecule has 0 heterocycles. The van der Waals surface area contributed by atoms with Gasteiger partial charge in [0.05, 0.1) is 10.7 Å². The van der Waals surface area contributed by atoms with Crippen LogP contribution in [-0.2, 0) is 4.84 Å². The normalized spacial score (nSPS) is 11.6. The van der Waals surface area contributed by atoms with Gasteiger partial charge in [0.25, 0.3) is 0 Å². The summed E-state index contributed by atoms with van der Waals surface area (Å²) < 4.78 is 13.1. The molecule has 4 heteroatoms. The van der Waals surface area contributed by atoms with Crippen LogP contribution in [0.25, 0.3) is 0 Å². The van der Waals surface area contributed by atoms with Gasteiger partial charge in [-0.05, 0) is 18.6 Å². The van der Waals surface area contributed by atoms with Crippen LogP contribution in [0.2, 0.25) is 5.02 Å². The van der Waals surface area contributed by atoms with E-state index in [1.54, 1.807) is 6.07 Å². The van der Waals surface area contributed by atoms with Gasteiger partial charge in [-0.3, -0.25) is 0 Å². The highest BCUT2D eigenvalue weighted by atomic mass is 35.5. The van der Waals surface area contributed by atoms with E-state index in [2.05, 4.69) is 9.99 Å². The monoisotopic (exact) mass is 215 g/mol. The maximum absolute atomic E-state index is 13.1. The first-order valence-corrected chi connectivity index (χ1v) is 4.62. The van der Waals surface area contributed by atoms with Crippen molar-refractivity contribution < 1.29 is 9.23 Å². The molecule has 0 radical (unpaired) electrons. The summed E-state index contributed by atoms with van der Waals surface area (Å²) in [4.78, 5) is 4.65. The standard InChI is InChI=1S/C10H11ClFNO/c1-3-10(13-14-2)7-4-5-8(11)9(12)6-7/h4-6H,3H2,1-2H3. The van der Waals surface area contributed by atoms with Crippen molar-refractivity contribution in [2.24, 2.45) is 5.16 Å². The predicted molar refractivity (Wildman–Crippen MR) is 55.2 cm³/mol. The summed E-state index contributed by atoms with van der Waals surface area (Å²) in [5.41, 5.74) is 1.39. The lowest BCUT2D eigenvalue weighted by Gasteiger charge is -2.03. The van der Waals surface area contributed by atoms with Crippen LogP contribution in [0.3, 0.4) is 0 Å². The Hall–Kier alpha value is -1.09. The molecule has 1 aromatic carbocycles. The Labute approximate surface area is 87.3 Å². The Balaban J connectivity index is 3.06. The van der Waals surface area contributed by atoms with E-state index in [4.69, 9.17) is 11.6 Å². The molecule has 76 valence electrons. The first-order valence-electron chi connectivity index (χ1n) is 4.24. The minimum atomic E-state index is -0.443. The minimum Gasteiger partial charge on any atom is -0.399 e. The van der Waals surface area contributed by atoms with Crippen LogP contribution in [0, 0.1) is 5.82 Å². The quantitative estimate of drug-likeness (QED) is 0.560. The van der Waals surface area contributed by atoms with Gasteiger partial charge in [0, 0.05) is 5.56 Å². The van der Waals surface area contributed by atoms with Crippen LogP contribution in [0.1, 0.15) is 18.9 Å². The summed E-state index contributed by atoms with van der Waals surface area (Å²) in [5.74, 6) is -0.443. The molecular weight excluding hydrogens is 205 g/mol. The molecule has 14 heavy (non-hydrogen) atoms. The zero-order valence-corrected chi connectivity index (χ0v) is 8.81. The number of rotatable bonds is 3. The smallest absolute Gasteiger partial charge is 0.142 e. The van der Waals surface area contributed by atoms with E-state index >= 15 is 0 Å². The number of nitrogens with zero attached hydrogens (tertiary/aromatic N) is 1. The fraction of sp³-hybridized carbons (Fsp3) is 0.300. The van der Waals surface area contributed by atoms with E-state index in [0.717, 1.165) is 0 Å². The summed E-state index contributed by atoms with van der Waals surface area (Å²) in [6.45, 7) is 1.92. The topological polar surface area (TPSA) is 21.6 Å². The lowest BCUT2D eigenvalue weighted by molar-refractivity contribution is 0.213. The summed E-state index contributed by atoms with van der Waals surface area (Å²) in [6, 6.07) is 4.57. The fourth-order valence-corrected chi connectivity index (χ4v) is 1.22. The molecule has 0 N–H and O–H groups in total. The Kier molecular flexibility index (Phi) is 3.89.